The fraction of sp³-hybridized carbons (Fsp3) is 0.158. The number of amides is 2. The molecule has 230 valence electrons. The van der Waals surface area contributed by atoms with Crippen molar-refractivity contribution in [3.05, 3.63) is 131 Å². The summed E-state index contributed by atoms with van der Waals surface area (Å²) in [5.74, 6) is -0.319. The molecule has 0 unspecified atom stereocenters. The molecule has 0 spiro atoms. The number of carbonyl (C=O) groups excluding carboxylic acids is 2. The Morgan fingerprint density at radius 3 is 1.22 bits per heavy atom. The molecule has 0 radical (unpaired) electrons. The van der Waals surface area contributed by atoms with E-state index < -0.39 is 0 Å². The highest BCUT2D eigenvalue weighted by Gasteiger charge is 2.30. The fourth-order valence-corrected chi connectivity index (χ4v) is 5.26. The lowest BCUT2D eigenvalue weighted by atomic mass is 10.0. The molecular weight excluding hydrogens is 572 g/mol. The number of nitrogens with one attached hydrogen (secondary N) is 2. The Labute approximate surface area is 269 Å². The van der Waals surface area contributed by atoms with E-state index in [1.165, 1.54) is 21.1 Å². The first-order valence-corrected chi connectivity index (χ1v) is 15.2. The fourth-order valence-electron chi connectivity index (χ4n) is 5.26. The quantitative estimate of drug-likeness (QED) is 0.208. The largest absolute Gasteiger partial charge is 0.361 e. The van der Waals surface area contributed by atoms with Crippen LogP contribution in [0.3, 0.4) is 0 Å². The highest BCUT2D eigenvalue weighted by Crippen LogP contribution is 2.28. The molecule has 4 aromatic carbocycles. The van der Waals surface area contributed by atoms with E-state index in [4.69, 9.17) is 0 Å². The first kappa shape index (κ1) is 30.3. The van der Waals surface area contributed by atoms with Crippen LogP contribution in [0, 0.1) is 27.7 Å². The molecular formula is C38H36N6O2. The molecule has 0 atom stereocenters. The highest BCUT2D eigenvalue weighted by molar-refractivity contribution is 6.30. The van der Waals surface area contributed by atoms with E-state index in [0.717, 1.165) is 45.0 Å². The molecule has 46 heavy (non-hydrogen) atoms. The van der Waals surface area contributed by atoms with Crippen molar-refractivity contribution in [1.29, 1.82) is 0 Å². The summed E-state index contributed by atoms with van der Waals surface area (Å²) in [6.07, 6.45) is 3.43. The van der Waals surface area contributed by atoms with Gasteiger partial charge in [0.05, 0.1) is 33.9 Å². The molecule has 4 aromatic rings. The van der Waals surface area contributed by atoms with Crippen molar-refractivity contribution in [3.63, 3.8) is 0 Å². The number of nitrogens with zero attached hydrogens (tertiary/aromatic N) is 4. The van der Waals surface area contributed by atoms with Gasteiger partial charge in [0.25, 0.3) is 11.8 Å². The van der Waals surface area contributed by atoms with Crippen LogP contribution in [-0.2, 0) is 9.59 Å². The van der Waals surface area contributed by atoms with Gasteiger partial charge in [-0.3, -0.25) is 9.59 Å². The molecule has 8 nitrogen and oxygen atoms in total. The second kappa shape index (κ2) is 12.3. The molecule has 0 aliphatic carbocycles. The minimum absolute atomic E-state index is 0.160. The van der Waals surface area contributed by atoms with Gasteiger partial charge in [-0.25, -0.2) is 0 Å². The summed E-state index contributed by atoms with van der Waals surface area (Å²) >= 11 is 0. The molecule has 2 aliphatic rings. The zero-order valence-electron chi connectivity index (χ0n) is 26.8. The first-order valence-electron chi connectivity index (χ1n) is 15.2. The van der Waals surface area contributed by atoms with Gasteiger partial charge in [0.15, 0.2) is 0 Å². The SMILES string of the molecule is CC1=NN(c2ccc(C)c(C)c2)C(=O)/C1=C\Nc1ccc(-c2ccc(N/C=C3/C(=O)N(c4ccc(C)c(C)c4)N=C3C)cc2)cc1. The maximum Gasteiger partial charge on any atom is 0.282 e. The van der Waals surface area contributed by atoms with Crippen molar-refractivity contribution in [2.75, 3.05) is 20.7 Å². The zero-order valence-corrected chi connectivity index (χ0v) is 26.8. The van der Waals surface area contributed by atoms with Crippen LogP contribution in [0.25, 0.3) is 11.1 Å². The van der Waals surface area contributed by atoms with Gasteiger partial charge in [-0.1, -0.05) is 36.4 Å². The van der Waals surface area contributed by atoms with Gasteiger partial charge >= 0.3 is 0 Å². The smallest absolute Gasteiger partial charge is 0.282 e. The van der Waals surface area contributed by atoms with E-state index in [1.807, 2.05) is 126 Å². The van der Waals surface area contributed by atoms with E-state index in [2.05, 4.69) is 20.8 Å². The maximum absolute atomic E-state index is 13.1. The molecule has 0 saturated carbocycles. The summed E-state index contributed by atoms with van der Waals surface area (Å²) in [4.78, 5) is 26.2. The summed E-state index contributed by atoms with van der Waals surface area (Å²) in [5.41, 5.74) is 12.3. The first-order chi connectivity index (χ1) is 22.1. The third-order valence-corrected chi connectivity index (χ3v) is 8.46. The number of hydrogen-bond acceptors (Lipinski definition) is 6. The lowest BCUT2D eigenvalue weighted by Crippen LogP contribution is -2.22. The van der Waals surface area contributed by atoms with Gasteiger partial charge in [-0.15, -0.1) is 0 Å². The number of hydrogen-bond donors (Lipinski definition) is 2. The molecule has 8 heteroatoms. The number of hydrazone groups is 2. The van der Waals surface area contributed by atoms with Crippen LogP contribution in [0.1, 0.15) is 36.1 Å². The molecule has 0 bridgehead atoms. The van der Waals surface area contributed by atoms with Crippen molar-refractivity contribution in [1.82, 2.24) is 0 Å². The van der Waals surface area contributed by atoms with Gasteiger partial charge in [-0.2, -0.15) is 20.2 Å². The Bertz CT molecular complexity index is 1840. The predicted molar refractivity (Wildman–Crippen MR) is 188 cm³/mol. The Hall–Kier alpha value is -5.76. The van der Waals surface area contributed by atoms with Crippen molar-refractivity contribution >= 4 is 46.0 Å². The van der Waals surface area contributed by atoms with E-state index >= 15 is 0 Å². The van der Waals surface area contributed by atoms with E-state index in [9.17, 15) is 9.59 Å². The normalized spacial score (nSPS) is 16.4. The van der Waals surface area contributed by atoms with Gasteiger partial charge in [0.2, 0.25) is 0 Å². The molecule has 0 fully saturated rings. The van der Waals surface area contributed by atoms with Gasteiger partial charge < -0.3 is 10.6 Å². The topological polar surface area (TPSA) is 89.4 Å². The molecule has 2 heterocycles. The highest BCUT2D eigenvalue weighted by atomic mass is 16.2. The average molecular weight is 609 g/mol. The van der Waals surface area contributed by atoms with Crippen molar-refractivity contribution < 1.29 is 9.59 Å². The zero-order chi connectivity index (χ0) is 32.5. The van der Waals surface area contributed by atoms with Crippen LogP contribution >= 0.6 is 0 Å². The standard InChI is InChI=1S/C38H36N6O2/c1-23-7-17-33(19-25(23)3)43-37(45)35(27(5)41-43)21-39-31-13-9-29(10-14-31)30-11-15-32(16-12-30)40-22-36-28(6)42-44(38(36)46)34-18-8-24(2)26(4)20-34/h7-22,39-40H,1-6H3/b35-21-,36-22+. The maximum atomic E-state index is 13.1. The minimum Gasteiger partial charge on any atom is -0.361 e. The number of aryl methyl sites for hydroxylation is 4. The van der Waals surface area contributed by atoms with Crippen molar-refractivity contribution in [3.8, 4) is 11.1 Å². The Kier molecular flexibility index (Phi) is 8.11. The van der Waals surface area contributed by atoms with Crippen LogP contribution in [-0.4, -0.2) is 23.2 Å². The number of anilines is 4. The second-order valence-corrected chi connectivity index (χ2v) is 11.7. The van der Waals surface area contributed by atoms with Crippen molar-refractivity contribution in [2.24, 2.45) is 10.2 Å². The number of rotatable bonds is 7. The van der Waals surface area contributed by atoms with Gasteiger partial charge in [0, 0.05) is 23.8 Å². The lowest BCUT2D eigenvalue weighted by molar-refractivity contribution is -0.115. The average Bonchev–Trinajstić information content (AvgIpc) is 3.50. The van der Waals surface area contributed by atoms with Crippen LogP contribution in [0.15, 0.2) is 119 Å². The molecule has 2 aliphatic heterocycles. The summed E-state index contributed by atoms with van der Waals surface area (Å²) in [6.45, 7) is 11.8. The van der Waals surface area contributed by atoms with E-state index in [0.29, 0.717) is 22.6 Å². The van der Waals surface area contributed by atoms with Crippen LogP contribution < -0.4 is 20.7 Å². The summed E-state index contributed by atoms with van der Waals surface area (Å²) in [7, 11) is 0. The monoisotopic (exact) mass is 608 g/mol. The molecule has 0 aromatic heterocycles. The third-order valence-electron chi connectivity index (χ3n) is 8.46. The van der Waals surface area contributed by atoms with E-state index in [-0.39, 0.29) is 11.8 Å². The summed E-state index contributed by atoms with van der Waals surface area (Å²) < 4.78 is 0. The molecule has 0 saturated heterocycles. The van der Waals surface area contributed by atoms with E-state index in [1.54, 1.807) is 12.4 Å². The predicted octanol–water partition coefficient (Wildman–Crippen LogP) is 8.02. The second-order valence-electron chi connectivity index (χ2n) is 11.7. The molecule has 2 N–H and O–H groups in total. The molecule has 2 amide bonds. The van der Waals surface area contributed by atoms with Gasteiger partial charge in [0.1, 0.15) is 0 Å². The Balaban J connectivity index is 1.08. The number of carbonyl (C=O) groups is 2. The minimum atomic E-state index is -0.160. The van der Waals surface area contributed by atoms with Crippen LogP contribution in [0.4, 0.5) is 22.7 Å². The Morgan fingerprint density at radius 1 is 0.500 bits per heavy atom. The number of benzene rings is 4. The van der Waals surface area contributed by atoms with Gasteiger partial charge in [-0.05, 0) is 123 Å². The summed E-state index contributed by atoms with van der Waals surface area (Å²) in [6, 6.07) is 27.8. The lowest BCUT2D eigenvalue weighted by Gasteiger charge is -2.13. The van der Waals surface area contributed by atoms with Crippen molar-refractivity contribution in [2.45, 2.75) is 41.5 Å². The third kappa shape index (κ3) is 5.97. The summed E-state index contributed by atoms with van der Waals surface area (Å²) in [5, 5.41) is 18.4. The Morgan fingerprint density at radius 2 is 0.870 bits per heavy atom. The van der Waals surface area contributed by atoms with Crippen LogP contribution in [0.5, 0.6) is 0 Å². The molecule has 6 rings (SSSR count). The van der Waals surface area contributed by atoms with Crippen LogP contribution in [0.2, 0.25) is 0 Å².